The third kappa shape index (κ3) is 3.52. The third-order valence-corrected chi connectivity index (χ3v) is 6.54. The summed E-state index contributed by atoms with van der Waals surface area (Å²) in [5, 5.41) is 11.6. The van der Waals surface area contributed by atoms with Gasteiger partial charge in [-0.05, 0) is 44.2 Å². The second-order valence-electron chi connectivity index (χ2n) is 7.28. The van der Waals surface area contributed by atoms with Crippen molar-refractivity contribution in [2.45, 2.75) is 19.9 Å². The normalized spacial score (nSPS) is 17.6. The van der Waals surface area contributed by atoms with Gasteiger partial charge in [0.1, 0.15) is 23.3 Å². The maximum atomic E-state index is 13.2. The molecule has 1 atom stereocenters. The first kappa shape index (κ1) is 21.6. The number of Topliss-reactive ketones (excluding diaryl/α,β-unsaturated/α-hetero) is 1. The number of amides is 1. The first-order chi connectivity index (χ1) is 15.4. The summed E-state index contributed by atoms with van der Waals surface area (Å²) in [7, 11) is 3.06. The Kier molecular flexibility index (Phi) is 5.71. The number of thiazole rings is 1. The number of rotatable bonds is 5. The largest absolute Gasteiger partial charge is 0.507 e. The molecule has 0 radical (unpaired) electrons. The van der Waals surface area contributed by atoms with Gasteiger partial charge in [-0.25, -0.2) is 4.98 Å². The standard InChI is InChI=1S/C24H22N2O5S/c1-13-14(2)32-24(25-13)26-20(17-7-5-6-8-18(17)31-4)19(22(28)23(26)29)21(27)15-9-11-16(30-3)12-10-15/h5-12,20,27H,1-4H3/t20-/m0/s1. The number of nitrogens with zero attached hydrogens (tertiary/aromatic N) is 2. The van der Waals surface area contributed by atoms with Gasteiger partial charge in [0.15, 0.2) is 5.13 Å². The molecular weight excluding hydrogens is 428 g/mol. The van der Waals surface area contributed by atoms with E-state index in [-0.39, 0.29) is 11.3 Å². The van der Waals surface area contributed by atoms with Crippen LogP contribution in [0.5, 0.6) is 11.5 Å². The number of hydrogen-bond donors (Lipinski definition) is 1. The molecule has 1 aliphatic heterocycles. The number of aryl methyl sites for hydroxylation is 2. The van der Waals surface area contributed by atoms with E-state index in [1.54, 1.807) is 55.6 Å². The lowest BCUT2D eigenvalue weighted by Crippen LogP contribution is -2.29. The molecule has 1 saturated heterocycles. The molecule has 2 aromatic carbocycles. The molecule has 8 heteroatoms. The average Bonchev–Trinajstić information content (AvgIpc) is 3.28. The van der Waals surface area contributed by atoms with E-state index in [1.807, 2.05) is 13.8 Å². The average molecular weight is 451 g/mol. The lowest BCUT2D eigenvalue weighted by Gasteiger charge is -2.24. The molecule has 1 amide bonds. The Labute approximate surface area is 189 Å². The zero-order chi connectivity index (χ0) is 23.0. The van der Waals surface area contributed by atoms with Crippen LogP contribution in [0, 0.1) is 13.8 Å². The van der Waals surface area contributed by atoms with Gasteiger partial charge in [-0.2, -0.15) is 0 Å². The number of ether oxygens (including phenoxy) is 2. The van der Waals surface area contributed by atoms with Crippen LogP contribution in [0.2, 0.25) is 0 Å². The van der Waals surface area contributed by atoms with Gasteiger partial charge in [0.25, 0.3) is 5.78 Å². The van der Waals surface area contributed by atoms with Crippen LogP contribution in [-0.4, -0.2) is 36.0 Å². The highest BCUT2D eigenvalue weighted by molar-refractivity contribution is 7.16. The van der Waals surface area contributed by atoms with Crippen molar-refractivity contribution < 1.29 is 24.2 Å². The smallest absolute Gasteiger partial charge is 0.301 e. The van der Waals surface area contributed by atoms with Crippen LogP contribution in [0.3, 0.4) is 0 Å². The van der Waals surface area contributed by atoms with Gasteiger partial charge < -0.3 is 14.6 Å². The van der Waals surface area contributed by atoms with E-state index >= 15 is 0 Å². The summed E-state index contributed by atoms with van der Waals surface area (Å²) in [5.74, 6) is -0.689. The predicted molar refractivity (Wildman–Crippen MR) is 122 cm³/mol. The number of carbonyl (C=O) groups excluding carboxylic acids is 2. The first-order valence-electron chi connectivity index (χ1n) is 9.89. The highest BCUT2D eigenvalue weighted by atomic mass is 32.1. The van der Waals surface area contributed by atoms with E-state index < -0.39 is 17.7 Å². The van der Waals surface area contributed by atoms with E-state index in [4.69, 9.17) is 9.47 Å². The molecule has 1 aromatic heterocycles. The number of aliphatic hydroxyl groups excluding tert-OH is 1. The third-order valence-electron chi connectivity index (χ3n) is 5.46. The molecule has 2 heterocycles. The van der Waals surface area contributed by atoms with Gasteiger partial charge in [-0.3, -0.25) is 14.5 Å². The molecule has 0 saturated carbocycles. The number of benzene rings is 2. The van der Waals surface area contributed by atoms with Crippen LogP contribution in [0.25, 0.3) is 5.76 Å². The van der Waals surface area contributed by atoms with Crippen molar-refractivity contribution in [1.29, 1.82) is 0 Å². The number of aromatic nitrogens is 1. The van der Waals surface area contributed by atoms with Gasteiger partial charge in [0.2, 0.25) is 0 Å². The molecule has 1 N–H and O–H groups in total. The quantitative estimate of drug-likeness (QED) is 0.352. The van der Waals surface area contributed by atoms with Crippen LogP contribution in [-0.2, 0) is 9.59 Å². The summed E-state index contributed by atoms with van der Waals surface area (Å²) >= 11 is 1.32. The summed E-state index contributed by atoms with van der Waals surface area (Å²) in [6.45, 7) is 3.75. The lowest BCUT2D eigenvalue weighted by molar-refractivity contribution is -0.132. The summed E-state index contributed by atoms with van der Waals surface area (Å²) in [4.78, 5) is 33.2. The van der Waals surface area contributed by atoms with Crippen molar-refractivity contribution >= 4 is 33.9 Å². The Hall–Kier alpha value is -3.65. The van der Waals surface area contributed by atoms with Crippen LogP contribution in [0.1, 0.15) is 27.7 Å². The number of para-hydroxylation sites is 1. The lowest BCUT2D eigenvalue weighted by atomic mass is 9.94. The van der Waals surface area contributed by atoms with Crippen LogP contribution in [0.4, 0.5) is 5.13 Å². The number of hydrogen-bond acceptors (Lipinski definition) is 7. The van der Waals surface area contributed by atoms with Crippen molar-refractivity contribution in [2.75, 3.05) is 19.1 Å². The van der Waals surface area contributed by atoms with Crippen LogP contribution in [0.15, 0.2) is 54.1 Å². The van der Waals surface area contributed by atoms with E-state index in [0.29, 0.717) is 27.8 Å². The summed E-state index contributed by atoms with van der Waals surface area (Å²) in [5.41, 5.74) is 1.74. The molecule has 1 fully saturated rings. The number of methoxy groups -OCH3 is 2. The topological polar surface area (TPSA) is 89.0 Å². The Balaban J connectivity index is 1.96. The number of carbonyl (C=O) groups is 2. The Morgan fingerprint density at radius 3 is 2.31 bits per heavy atom. The minimum absolute atomic E-state index is 0.0184. The molecule has 32 heavy (non-hydrogen) atoms. The predicted octanol–water partition coefficient (Wildman–Crippen LogP) is 4.40. The second kappa shape index (κ2) is 8.47. The molecule has 1 aliphatic rings. The fourth-order valence-corrected chi connectivity index (χ4v) is 4.62. The molecule has 164 valence electrons. The van der Waals surface area contributed by atoms with Gasteiger partial charge in [-0.15, -0.1) is 11.3 Å². The fraction of sp³-hybridized carbons (Fsp3) is 0.208. The summed E-state index contributed by atoms with van der Waals surface area (Å²) in [6.07, 6.45) is 0. The molecule has 0 bridgehead atoms. The van der Waals surface area contributed by atoms with E-state index in [0.717, 1.165) is 10.6 Å². The highest BCUT2D eigenvalue weighted by Crippen LogP contribution is 2.46. The van der Waals surface area contributed by atoms with Crippen molar-refractivity contribution in [2.24, 2.45) is 0 Å². The summed E-state index contributed by atoms with van der Waals surface area (Å²) < 4.78 is 10.7. The number of aliphatic hydroxyl groups is 1. The van der Waals surface area contributed by atoms with Crippen molar-refractivity contribution in [3.63, 3.8) is 0 Å². The maximum absolute atomic E-state index is 13.2. The van der Waals surface area contributed by atoms with E-state index in [1.165, 1.54) is 23.3 Å². The minimum atomic E-state index is -0.891. The van der Waals surface area contributed by atoms with Gasteiger partial charge in [-0.1, -0.05) is 18.2 Å². The minimum Gasteiger partial charge on any atom is -0.507 e. The van der Waals surface area contributed by atoms with E-state index in [9.17, 15) is 14.7 Å². The van der Waals surface area contributed by atoms with Crippen molar-refractivity contribution in [3.05, 3.63) is 75.8 Å². The molecular formula is C24H22N2O5S. The summed E-state index contributed by atoms with van der Waals surface area (Å²) in [6, 6.07) is 12.9. The second-order valence-corrected chi connectivity index (χ2v) is 8.46. The molecule has 4 rings (SSSR count). The number of anilines is 1. The van der Waals surface area contributed by atoms with Crippen molar-refractivity contribution in [1.82, 2.24) is 4.98 Å². The fourth-order valence-electron chi connectivity index (χ4n) is 3.68. The Morgan fingerprint density at radius 1 is 1.03 bits per heavy atom. The van der Waals surface area contributed by atoms with Gasteiger partial charge in [0.05, 0.1) is 25.5 Å². The van der Waals surface area contributed by atoms with Gasteiger partial charge >= 0.3 is 5.91 Å². The maximum Gasteiger partial charge on any atom is 0.301 e. The molecule has 0 unspecified atom stereocenters. The van der Waals surface area contributed by atoms with E-state index in [2.05, 4.69) is 4.98 Å². The molecule has 0 spiro atoms. The number of ketones is 1. The van der Waals surface area contributed by atoms with Crippen LogP contribution >= 0.6 is 11.3 Å². The first-order valence-corrected chi connectivity index (χ1v) is 10.7. The Morgan fingerprint density at radius 2 is 1.72 bits per heavy atom. The van der Waals surface area contributed by atoms with Crippen molar-refractivity contribution in [3.8, 4) is 11.5 Å². The molecule has 7 nitrogen and oxygen atoms in total. The van der Waals surface area contributed by atoms with Gasteiger partial charge in [0, 0.05) is 16.0 Å². The van der Waals surface area contributed by atoms with Crippen LogP contribution < -0.4 is 14.4 Å². The zero-order valence-electron chi connectivity index (χ0n) is 18.1. The molecule has 3 aromatic rings. The highest BCUT2D eigenvalue weighted by Gasteiger charge is 2.49. The Bertz CT molecular complexity index is 1210. The zero-order valence-corrected chi connectivity index (χ0v) is 18.9. The molecule has 0 aliphatic carbocycles. The SMILES string of the molecule is COc1ccc(C(O)=C2C(=O)C(=O)N(c3nc(C)c(C)s3)[C@H]2c2ccccc2OC)cc1. The monoisotopic (exact) mass is 450 g/mol.